The molecule has 9 nitrogen and oxygen atoms in total. The van der Waals surface area contributed by atoms with E-state index < -0.39 is 4.92 Å². The Hall–Kier alpha value is -3.62. The van der Waals surface area contributed by atoms with Crippen molar-refractivity contribution in [3.8, 4) is 5.75 Å². The van der Waals surface area contributed by atoms with Crippen LogP contribution in [-0.4, -0.2) is 34.0 Å². The number of nitrogens with two attached hydrogens (primary N) is 1. The molecule has 0 spiro atoms. The van der Waals surface area contributed by atoms with E-state index in [0.29, 0.717) is 30.2 Å². The lowest BCUT2D eigenvalue weighted by molar-refractivity contribution is -0.385. The molecule has 1 amide bonds. The highest BCUT2D eigenvalue weighted by Gasteiger charge is 2.04. The summed E-state index contributed by atoms with van der Waals surface area (Å²) in [6.07, 6.45) is 3.98. The van der Waals surface area contributed by atoms with Gasteiger partial charge in [0, 0.05) is 36.5 Å². The molecule has 0 aliphatic rings. The number of amides is 1. The maximum absolute atomic E-state index is 11.7. The number of phenolic OH excluding ortho intramolecular Hbond substituents is 1. The molecule has 0 saturated carbocycles. The SMILES string of the molecule is Nc1ccc(O)cc1C=CC(=O)NCCNc1ccc([N+](=O)[O-])cn1. The standard InChI is InChI=1S/C16H17N5O4/c17-14-4-3-13(22)9-11(14)1-6-16(23)19-8-7-18-15-5-2-12(10-20-15)21(24)25/h1-6,9-10,22H,7-8,17H2,(H,18,20)(H,19,23). The van der Waals surface area contributed by atoms with E-state index in [1.807, 2.05) is 0 Å². The minimum Gasteiger partial charge on any atom is -0.508 e. The van der Waals surface area contributed by atoms with Gasteiger partial charge in [-0.05, 0) is 30.3 Å². The van der Waals surface area contributed by atoms with E-state index >= 15 is 0 Å². The van der Waals surface area contributed by atoms with E-state index in [2.05, 4.69) is 15.6 Å². The van der Waals surface area contributed by atoms with E-state index in [-0.39, 0.29) is 17.3 Å². The molecule has 25 heavy (non-hydrogen) atoms. The second kappa shape index (κ2) is 8.29. The number of nitro groups is 1. The van der Waals surface area contributed by atoms with Crippen LogP contribution in [0.4, 0.5) is 17.2 Å². The molecular weight excluding hydrogens is 326 g/mol. The van der Waals surface area contributed by atoms with Crippen molar-refractivity contribution in [2.75, 3.05) is 24.1 Å². The van der Waals surface area contributed by atoms with Gasteiger partial charge in [0.2, 0.25) is 5.91 Å². The van der Waals surface area contributed by atoms with Gasteiger partial charge in [0.25, 0.3) is 5.69 Å². The number of carbonyl (C=O) groups excluding carboxylic acids is 1. The highest BCUT2D eigenvalue weighted by Crippen LogP contribution is 2.19. The van der Waals surface area contributed by atoms with Crippen LogP contribution in [-0.2, 0) is 4.79 Å². The highest BCUT2D eigenvalue weighted by molar-refractivity contribution is 5.92. The Labute approximate surface area is 143 Å². The normalized spacial score (nSPS) is 10.6. The van der Waals surface area contributed by atoms with Crippen LogP contribution in [0.25, 0.3) is 6.08 Å². The number of rotatable bonds is 7. The van der Waals surface area contributed by atoms with Crippen molar-refractivity contribution in [3.63, 3.8) is 0 Å². The number of nitrogens with zero attached hydrogens (tertiary/aromatic N) is 2. The van der Waals surface area contributed by atoms with Crippen LogP contribution in [0.3, 0.4) is 0 Å². The lowest BCUT2D eigenvalue weighted by atomic mass is 10.1. The van der Waals surface area contributed by atoms with E-state index in [4.69, 9.17) is 5.73 Å². The van der Waals surface area contributed by atoms with Gasteiger partial charge < -0.3 is 21.5 Å². The molecule has 0 atom stereocenters. The van der Waals surface area contributed by atoms with Crippen molar-refractivity contribution in [2.24, 2.45) is 0 Å². The van der Waals surface area contributed by atoms with Gasteiger partial charge in [0.15, 0.2) is 0 Å². The van der Waals surface area contributed by atoms with Gasteiger partial charge in [-0.25, -0.2) is 4.98 Å². The van der Waals surface area contributed by atoms with Crippen LogP contribution in [0.5, 0.6) is 5.75 Å². The summed E-state index contributed by atoms with van der Waals surface area (Å²) in [6, 6.07) is 7.31. The number of phenols is 1. The van der Waals surface area contributed by atoms with Gasteiger partial charge in [-0.15, -0.1) is 0 Å². The number of pyridine rings is 1. The summed E-state index contributed by atoms with van der Waals surface area (Å²) < 4.78 is 0. The predicted molar refractivity (Wildman–Crippen MR) is 93.9 cm³/mol. The van der Waals surface area contributed by atoms with Gasteiger partial charge in [-0.2, -0.15) is 0 Å². The van der Waals surface area contributed by atoms with E-state index in [1.165, 1.54) is 36.4 Å². The first kappa shape index (κ1) is 17.7. The molecule has 1 heterocycles. The molecule has 1 aromatic carbocycles. The largest absolute Gasteiger partial charge is 0.508 e. The van der Waals surface area contributed by atoms with Crippen molar-refractivity contribution in [1.82, 2.24) is 10.3 Å². The highest BCUT2D eigenvalue weighted by atomic mass is 16.6. The minimum atomic E-state index is -0.525. The summed E-state index contributed by atoms with van der Waals surface area (Å²) in [5.41, 5.74) is 6.65. The van der Waals surface area contributed by atoms with Crippen LogP contribution in [0.2, 0.25) is 0 Å². The van der Waals surface area contributed by atoms with Gasteiger partial charge in [-0.3, -0.25) is 14.9 Å². The maximum Gasteiger partial charge on any atom is 0.287 e. The molecule has 0 bridgehead atoms. The fourth-order valence-electron chi connectivity index (χ4n) is 1.91. The van der Waals surface area contributed by atoms with Crippen molar-refractivity contribution in [3.05, 3.63) is 58.3 Å². The maximum atomic E-state index is 11.7. The van der Waals surface area contributed by atoms with Crippen molar-refractivity contribution in [2.45, 2.75) is 0 Å². The Morgan fingerprint density at radius 3 is 2.80 bits per heavy atom. The van der Waals surface area contributed by atoms with E-state index in [9.17, 15) is 20.0 Å². The van der Waals surface area contributed by atoms with E-state index in [0.717, 1.165) is 6.20 Å². The third-order valence-electron chi connectivity index (χ3n) is 3.17. The second-order valence-corrected chi connectivity index (χ2v) is 5.02. The number of aromatic nitrogens is 1. The van der Waals surface area contributed by atoms with E-state index in [1.54, 1.807) is 6.07 Å². The first-order valence-corrected chi connectivity index (χ1v) is 7.34. The molecule has 2 rings (SSSR count). The lowest BCUT2D eigenvalue weighted by Crippen LogP contribution is -2.27. The molecule has 0 saturated heterocycles. The molecule has 0 fully saturated rings. The number of carbonyl (C=O) groups is 1. The Balaban J connectivity index is 1.76. The number of nitrogens with one attached hydrogen (secondary N) is 2. The van der Waals surface area contributed by atoms with Crippen LogP contribution < -0.4 is 16.4 Å². The number of aromatic hydroxyl groups is 1. The fourth-order valence-corrected chi connectivity index (χ4v) is 1.91. The second-order valence-electron chi connectivity index (χ2n) is 5.02. The van der Waals surface area contributed by atoms with Crippen molar-refractivity contribution < 1.29 is 14.8 Å². The monoisotopic (exact) mass is 343 g/mol. The smallest absolute Gasteiger partial charge is 0.287 e. The number of nitrogen functional groups attached to an aromatic ring is 1. The van der Waals surface area contributed by atoms with Crippen molar-refractivity contribution >= 4 is 29.2 Å². The number of anilines is 2. The Morgan fingerprint density at radius 2 is 2.12 bits per heavy atom. The lowest BCUT2D eigenvalue weighted by Gasteiger charge is -2.06. The summed E-state index contributed by atoms with van der Waals surface area (Å²) in [4.78, 5) is 25.6. The van der Waals surface area contributed by atoms with Crippen LogP contribution in [0, 0.1) is 10.1 Å². The van der Waals surface area contributed by atoms with Crippen LogP contribution in [0.15, 0.2) is 42.6 Å². The first-order chi connectivity index (χ1) is 12.0. The first-order valence-electron chi connectivity index (χ1n) is 7.34. The summed E-state index contributed by atoms with van der Waals surface area (Å²) in [5, 5.41) is 25.5. The fraction of sp³-hybridized carbons (Fsp3) is 0.125. The zero-order valence-corrected chi connectivity index (χ0v) is 13.2. The summed E-state index contributed by atoms with van der Waals surface area (Å²) >= 11 is 0. The zero-order valence-electron chi connectivity index (χ0n) is 13.2. The minimum absolute atomic E-state index is 0.0639. The average molecular weight is 343 g/mol. The molecule has 0 unspecified atom stereocenters. The summed E-state index contributed by atoms with van der Waals surface area (Å²) in [5.74, 6) is 0.221. The van der Waals surface area contributed by atoms with Crippen LogP contribution in [0.1, 0.15) is 5.56 Å². The summed E-state index contributed by atoms with van der Waals surface area (Å²) in [7, 11) is 0. The van der Waals surface area contributed by atoms with Gasteiger partial charge in [0.1, 0.15) is 17.8 Å². The van der Waals surface area contributed by atoms with Gasteiger partial charge >= 0.3 is 0 Å². The Morgan fingerprint density at radius 1 is 1.32 bits per heavy atom. The molecule has 0 radical (unpaired) electrons. The van der Waals surface area contributed by atoms with Crippen LogP contribution >= 0.6 is 0 Å². The third-order valence-corrected chi connectivity index (χ3v) is 3.17. The van der Waals surface area contributed by atoms with Crippen molar-refractivity contribution in [1.29, 1.82) is 0 Å². The molecule has 0 aliphatic carbocycles. The van der Waals surface area contributed by atoms with Gasteiger partial charge in [-0.1, -0.05) is 0 Å². The molecule has 0 aliphatic heterocycles. The number of hydrogen-bond acceptors (Lipinski definition) is 7. The zero-order chi connectivity index (χ0) is 18.2. The molecule has 130 valence electrons. The molecule has 1 aromatic heterocycles. The molecule has 9 heteroatoms. The molecule has 2 aromatic rings. The Kier molecular flexibility index (Phi) is 5.88. The number of benzene rings is 1. The molecular formula is C16H17N5O4. The quantitative estimate of drug-likeness (QED) is 0.149. The number of hydrogen-bond donors (Lipinski definition) is 4. The average Bonchev–Trinajstić information content (AvgIpc) is 2.60. The summed E-state index contributed by atoms with van der Waals surface area (Å²) in [6.45, 7) is 0.732. The Bertz CT molecular complexity index is 790. The van der Waals surface area contributed by atoms with Gasteiger partial charge in [0.05, 0.1) is 4.92 Å². The predicted octanol–water partition coefficient (Wildman–Crippen LogP) is 1.52. The third kappa shape index (κ3) is 5.50. The molecule has 5 N–H and O–H groups in total. The topological polar surface area (TPSA) is 143 Å².